The molecule has 3 aromatic rings. The number of rotatable bonds is 4. The summed E-state index contributed by atoms with van der Waals surface area (Å²) >= 11 is 0. The molecule has 0 saturated heterocycles. The maximum Gasteiger partial charge on any atom is 0.339 e. The lowest BCUT2D eigenvalue weighted by molar-refractivity contribution is 0.486. The zero-order chi connectivity index (χ0) is 15.7. The monoisotopic (exact) mass is 316 g/mol. The Labute approximate surface area is 129 Å². The van der Waals surface area contributed by atoms with E-state index in [1.165, 1.54) is 0 Å². The first kappa shape index (κ1) is 14.6. The SMILES string of the molecule is CCc1ccc(S(=O)(=O)Oc2ccc3c(c2)ncn3C)cc1. The Morgan fingerprint density at radius 2 is 1.86 bits per heavy atom. The van der Waals surface area contributed by atoms with Gasteiger partial charge in [0.05, 0.1) is 17.4 Å². The topological polar surface area (TPSA) is 61.2 Å². The van der Waals surface area contributed by atoms with E-state index in [0.29, 0.717) is 5.52 Å². The predicted octanol–water partition coefficient (Wildman–Crippen LogP) is 2.90. The van der Waals surface area contributed by atoms with Gasteiger partial charge in [-0.15, -0.1) is 0 Å². The Morgan fingerprint density at radius 3 is 2.55 bits per heavy atom. The Morgan fingerprint density at radius 1 is 1.14 bits per heavy atom. The number of imidazole rings is 1. The maximum atomic E-state index is 12.3. The highest BCUT2D eigenvalue weighted by molar-refractivity contribution is 7.87. The van der Waals surface area contributed by atoms with Crippen molar-refractivity contribution in [2.45, 2.75) is 18.2 Å². The normalized spacial score (nSPS) is 11.7. The molecule has 0 amide bonds. The third-order valence-corrected chi connectivity index (χ3v) is 4.78. The molecule has 0 fully saturated rings. The van der Waals surface area contributed by atoms with Crippen LogP contribution in [0.15, 0.2) is 53.7 Å². The van der Waals surface area contributed by atoms with Gasteiger partial charge < -0.3 is 8.75 Å². The molecule has 0 aliphatic rings. The van der Waals surface area contributed by atoms with Crippen LogP contribution in [0, 0.1) is 0 Å². The molecule has 0 spiro atoms. The lowest BCUT2D eigenvalue weighted by Crippen LogP contribution is -2.09. The van der Waals surface area contributed by atoms with Crippen LogP contribution in [0.25, 0.3) is 11.0 Å². The van der Waals surface area contributed by atoms with Crippen LogP contribution in [0.1, 0.15) is 12.5 Å². The predicted molar refractivity (Wildman–Crippen MR) is 84.3 cm³/mol. The van der Waals surface area contributed by atoms with Gasteiger partial charge in [0.15, 0.2) is 0 Å². The highest BCUT2D eigenvalue weighted by Crippen LogP contribution is 2.23. The summed E-state index contributed by atoms with van der Waals surface area (Å²) in [6.07, 6.45) is 2.53. The molecular formula is C16H16N2O3S. The second-order valence-electron chi connectivity index (χ2n) is 5.04. The number of fused-ring (bicyclic) bond motifs is 1. The van der Waals surface area contributed by atoms with Gasteiger partial charge in [-0.05, 0) is 36.2 Å². The Bertz CT molecular complexity index is 912. The van der Waals surface area contributed by atoms with Crippen LogP contribution in [0.2, 0.25) is 0 Å². The average Bonchev–Trinajstić information content (AvgIpc) is 2.88. The molecule has 22 heavy (non-hydrogen) atoms. The van der Waals surface area contributed by atoms with E-state index >= 15 is 0 Å². The second kappa shape index (κ2) is 5.46. The number of aromatic nitrogens is 2. The molecule has 0 atom stereocenters. The first-order valence-electron chi connectivity index (χ1n) is 6.94. The minimum absolute atomic E-state index is 0.144. The van der Waals surface area contributed by atoms with Gasteiger partial charge in [0.2, 0.25) is 0 Å². The van der Waals surface area contributed by atoms with Crippen LogP contribution in [-0.2, 0) is 23.6 Å². The molecule has 6 heteroatoms. The molecule has 1 heterocycles. The van der Waals surface area contributed by atoms with Crippen molar-refractivity contribution >= 4 is 21.2 Å². The highest BCUT2D eigenvalue weighted by Gasteiger charge is 2.17. The molecule has 3 rings (SSSR count). The van der Waals surface area contributed by atoms with Crippen LogP contribution in [0.4, 0.5) is 0 Å². The summed E-state index contributed by atoms with van der Waals surface area (Å²) in [5.74, 6) is 0.255. The summed E-state index contributed by atoms with van der Waals surface area (Å²) in [4.78, 5) is 4.34. The van der Waals surface area contributed by atoms with Crippen molar-refractivity contribution in [1.82, 2.24) is 9.55 Å². The van der Waals surface area contributed by atoms with Crippen molar-refractivity contribution in [3.05, 3.63) is 54.4 Å². The van der Waals surface area contributed by atoms with Gasteiger partial charge in [-0.3, -0.25) is 0 Å². The average molecular weight is 316 g/mol. The third kappa shape index (κ3) is 2.69. The smallest absolute Gasteiger partial charge is 0.339 e. The Kier molecular flexibility index (Phi) is 3.62. The van der Waals surface area contributed by atoms with Gasteiger partial charge in [0.1, 0.15) is 10.6 Å². The van der Waals surface area contributed by atoms with Gasteiger partial charge in [-0.1, -0.05) is 19.1 Å². The first-order chi connectivity index (χ1) is 10.5. The zero-order valence-electron chi connectivity index (χ0n) is 12.4. The summed E-state index contributed by atoms with van der Waals surface area (Å²) in [5.41, 5.74) is 2.68. The van der Waals surface area contributed by atoms with Crippen molar-refractivity contribution in [3.8, 4) is 5.75 Å². The third-order valence-electron chi connectivity index (χ3n) is 3.52. The van der Waals surface area contributed by atoms with E-state index in [1.54, 1.807) is 48.8 Å². The molecule has 0 unspecified atom stereocenters. The maximum absolute atomic E-state index is 12.3. The van der Waals surface area contributed by atoms with Gasteiger partial charge in [0, 0.05) is 13.1 Å². The number of aryl methyl sites for hydroxylation is 2. The second-order valence-corrected chi connectivity index (χ2v) is 6.59. The van der Waals surface area contributed by atoms with Crippen molar-refractivity contribution in [2.24, 2.45) is 7.05 Å². The van der Waals surface area contributed by atoms with Gasteiger partial charge in [-0.25, -0.2) is 4.98 Å². The van der Waals surface area contributed by atoms with Crippen LogP contribution in [0.5, 0.6) is 5.75 Å². The van der Waals surface area contributed by atoms with E-state index < -0.39 is 10.1 Å². The highest BCUT2D eigenvalue weighted by atomic mass is 32.2. The van der Waals surface area contributed by atoms with E-state index in [9.17, 15) is 8.42 Å². The summed E-state index contributed by atoms with van der Waals surface area (Å²) < 4.78 is 31.6. The quantitative estimate of drug-likeness (QED) is 0.694. The molecule has 0 radical (unpaired) electrons. The van der Waals surface area contributed by atoms with Gasteiger partial charge >= 0.3 is 10.1 Å². The Balaban J connectivity index is 1.91. The van der Waals surface area contributed by atoms with Gasteiger partial charge in [-0.2, -0.15) is 8.42 Å². The van der Waals surface area contributed by atoms with E-state index in [0.717, 1.165) is 17.5 Å². The number of hydrogen-bond donors (Lipinski definition) is 0. The molecule has 0 bridgehead atoms. The molecule has 0 aliphatic carbocycles. The van der Waals surface area contributed by atoms with Crippen LogP contribution in [-0.4, -0.2) is 18.0 Å². The molecule has 0 aliphatic heterocycles. The summed E-state index contributed by atoms with van der Waals surface area (Å²) in [6, 6.07) is 11.7. The van der Waals surface area contributed by atoms with E-state index in [4.69, 9.17) is 4.18 Å². The van der Waals surface area contributed by atoms with Crippen LogP contribution < -0.4 is 4.18 Å². The standard InChI is InChI=1S/C16H16N2O3S/c1-3-12-4-7-14(8-5-12)22(19,20)21-13-6-9-16-15(10-13)17-11-18(16)2/h4-11H,3H2,1-2H3. The summed E-state index contributed by atoms with van der Waals surface area (Å²) in [7, 11) is -1.96. The zero-order valence-corrected chi connectivity index (χ0v) is 13.2. The molecule has 0 N–H and O–H groups in total. The minimum Gasteiger partial charge on any atom is -0.379 e. The van der Waals surface area contributed by atoms with Crippen LogP contribution in [0.3, 0.4) is 0 Å². The summed E-state index contributed by atoms with van der Waals surface area (Å²) in [5, 5.41) is 0. The molecule has 5 nitrogen and oxygen atoms in total. The minimum atomic E-state index is -3.83. The molecule has 1 aromatic heterocycles. The lowest BCUT2D eigenvalue weighted by atomic mass is 10.2. The molecule has 2 aromatic carbocycles. The van der Waals surface area contributed by atoms with Crippen molar-refractivity contribution < 1.29 is 12.6 Å². The van der Waals surface area contributed by atoms with E-state index in [2.05, 4.69) is 4.98 Å². The van der Waals surface area contributed by atoms with Crippen molar-refractivity contribution in [2.75, 3.05) is 0 Å². The molecular weight excluding hydrogens is 300 g/mol. The molecule has 114 valence electrons. The van der Waals surface area contributed by atoms with Crippen LogP contribution >= 0.6 is 0 Å². The Hall–Kier alpha value is -2.34. The lowest BCUT2D eigenvalue weighted by Gasteiger charge is -2.07. The number of hydrogen-bond acceptors (Lipinski definition) is 4. The largest absolute Gasteiger partial charge is 0.379 e. The fraction of sp³-hybridized carbons (Fsp3) is 0.188. The molecule has 0 saturated carbocycles. The van der Waals surface area contributed by atoms with Crippen molar-refractivity contribution in [1.29, 1.82) is 0 Å². The summed E-state index contributed by atoms with van der Waals surface area (Å²) in [6.45, 7) is 2.02. The van der Waals surface area contributed by atoms with Gasteiger partial charge in [0.25, 0.3) is 0 Å². The fourth-order valence-electron chi connectivity index (χ4n) is 2.23. The van der Waals surface area contributed by atoms with E-state index in [-0.39, 0.29) is 10.6 Å². The number of benzene rings is 2. The van der Waals surface area contributed by atoms with E-state index in [1.807, 2.05) is 18.5 Å². The number of nitrogens with zero attached hydrogens (tertiary/aromatic N) is 2. The van der Waals surface area contributed by atoms with Crippen molar-refractivity contribution in [3.63, 3.8) is 0 Å². The fourth-order valence-corrected chi connectivity index (χ4v) is 3.16. The first-order valence-corrected chi connectivity index (χ1v) is 8.35.